The molecule has 2 aromatic rings. The van der Waals surface area contributed by atoms with Crippen LogP contribution in [0.3, 0.4) is 0 Å². The average molecular weight is 562 g/mol. The van der Waals surface area contributed by atoms with Crippen molar-refractivity contribution in [2.24, 2.45) is 0 Å². The van der Waals surface area contributed by atoms with Gasteiger partial charge in [0.05, 0.1) is 11.6 Å². The standard InChI is InChI=1S/C26H35F4N3O4S/c1-5-7-9-18(10-8-6-2)37-25-17(11-14-21(33-25)26(28,29)30)15-32-24(34)16(3)19-12-13-20(38(4,35)36)22(27)23(19)31/h11-14,16,18H,5-10,15,31H2,1-4H3,(H,32,34). The first-order chi connectivity index (χ1) is 17.7. The number of benzene rings is 1. The second-order valence-electron chi connectivity index (χ2n) is 9.28. The topological polar surface area (TPSA) is 111 Å². The maximum Gasteiger partial charge on any atom is 0.433 e. The summed E-state index contributed by atoms with van der Waals surface area (Å²) < 4.78 is 84.0. The van der Waals surface area contributed by atoms with E-state index in [0.717, 1.165) is 44.1 Å². The summed E-state index contributed by atoms with van der Waals surface area (Å²) in [5.74, 6) is -2.92. The van der Waals surface area contributed by atoms with E-state index in [1.807, 2.05) is 13.8 Å². The van der Waals surface area contributed by atoms with Crippen molar-refractivity contribution in [3.05, 3.63) is 46.9 Å². The second kappa shape index (κ2) is 13.3. The average Bonchev–Trinajstić information content (AvgIpc) is 2.84. The number of aromatic nitrogens is 1. The highest BCUT2D eigenvalue weighted by Gasteiger charge is 2.34. The number of halogens is 4. The summed E-state index contributed by atoms with van der Waals surface area (Å²) in [6.45, 7) is 5.28. The lowest BCUT2D eigenvalue weighted by molar-refractivity contribution is -0.141. The van der Waals surface area contributed by atoms with Crippen LogP contribution in [0, 0.1) is 5.82 Å². The van der Waals surface area contributed by atoms with Gasteiger partial charge in [0.15, 0.2) is 15.7 Å². The zero-order valence-electron chi connectivity index (χ0n) is 22.0. The number of carbonyl (C=O) groups excluding carboxylic acids is 1. The van der Waals surface area contributed by atoms with Crippen molar-refractivity contribution in [2.75, 3.05) is 12.0 Å². The van der Waals surface area contributed by atoms with Crippen LogP contribution in [0.1, 0.15) is 82.0 Å². The Kier molecular flexibility index (Phi) is 10.9. The fourth-order valence-corrected chi connectivity index (χ4v) is 4.63. The summed E-state index contributed by atoms with van der Waals surface area (Å²) in [4.78, 5) is 16.0. The zero-order valence-corrected chi connectivity index (χ0v) is 22.8. The molecule has 0 fully saturated rings. The first-order valence-electron chi connectivity index (χ1n) is 12.5. The molecular weight excluding hydrogens is 526 g/mol. The van der Waals surface area contributed by atoms with Gasteiger partial charge in [0.25, 0.3) is 0 Å². The molecule has 1 atom stereocenters. The van der Waals surface area contributed by atoms with Gasteiger partial charge in [-0.1, -0.05) is 45.6 Å². The summed E-state index contributed by atoms with van der Waals surface area (Å²) in [5.41, 5.74) is 4.55. The molecule has 0 spiro atoms. The Labute approximate surface area is 221 Å². The second-order valence-corrected chi connectivity index (χ2v) is 11.3. The third-order valence-corrected chi connectivity index (χ3v) is 7.27. The SMILES string of the molecule is CCCCC(CCCC)Oc1nc(C(F)(F)F)ccc1CNC(=O)C(C)c1ccc(S(C)(=O)=O)c(F)c1N. The van der Waals surface area contributed by atoms with Crippen molar-refractivity contribution < 1.29 is 35.5 Å². The predicted octanol–water partition coefficient (Wildman–Crippen LogP) is 5.77. The number of nitrogens with one attached hydrogen (secondary N) is 1. The zero-order chi connectivity index (χ0) is 28.7. The van der Waals surface area contributed by atoms with Crippen molar-refractivity contribution in [3.8, 4) is 5.88 Å². The van der Waals surface area contributed by atoms with Crippen LogP contribution in [0.25, 0.3) is 0 Å². The minimum atomic E-state index is -4.67. The van der Waals surface area contributed by atoms with E-state index >= 15 is 0 Å². The maximum atomic E-state index is 14.6. The number of unbranched alkanes of at least 4 members (excludes halogenated alkanes) is 2. The van der Waals surface area contributed by atoms with Gasteiger partial charge >= 0.3 is 6.18 Å². The third kappa shape index (κ3) is 8.31. The Balaban J connectivity index is 2.29. The number of alkyl halides is 3. The smallest absolute Gasteiger partial charge is 0.433 e. The van der Waals surface area contributed by atoms with E-state index in [2.05, 4.69) is 10.3 Å². The van der Waals surface area contributed by atoms with E-state index in [1.165, 1.54) is 19.1 Å². The Bertz CT molecular complexity index is 1210. The highest BCUT2D eigenvalue weighted by atomic mass is 32.2. The van der Waals surface area contributed by atoms with Gasteiger partial charge in [-0.2, -0.15) is 13.2 Å². The molecule has 1 aromatic heterocycles. The molecule has 0 saturated carbocycles. The van der Waals surface area contributed by atoms with Gasteiger partial charge in [0.1, 0.15) is 16.7 Å². The molecule has 0 aliphatic rings. The van der Waals surface area contributed by atoms with E-state index in [9.17, 15) is 30.8 Å². The van der Waals surface area contributed by atoms with Crippen LogP contribution in [-0.2, 0) is 27.4 Å². The van der Waals surface area contributed by atoms with E-state index in [0.29, 0.717) is 12.8 Å². The molecule has 0 aliphatic carbocycles. The Hall–Kier alpha value is -2.89. The monoisotopic (exact) mass is 561 g/mol. The molecule has 212 valence electrons. The van der Waals surface area contributed by atoms with Crippen LogP contribution in [-0.4, -0.2) is 31.7 Å². The number of carbonyl (C=O) groups is 1. The molecule has 0 radical (unpaired) electrons. The van der Waals surface area contributed by atoms with Crippen molar-refractivity contribution in [1.82, 2.24) is 10.3 Å². The summed E-state index contributed by atoms with van der Waals surface area (Å²) in [7, 11) is -3.86. The molecule has 7 nitrogen and oxygen atoms in total. The fourth-order valence-electron chi connectivity index (χ4n) is 3.88. The molecule has 0 bridgehead atoms. The maximum absolute atomic E-state index is 14.6. The van der Waals surface area contributed by atoms with E-state index in [4.69, 9.17) is 10.5 Å². The molecule has 3 N–H and O–H groups in total. The number of amides is 1. The highest BCUT2D eigenvalue weighted by molar-refractivity contribution is 7.90. The van der Waals surface area contributed by atoms with Crippen molar-refractivity contribution >= 4 is 21.4 Å². The van der Waals surface area contributed by atoms with Gasteiger partial charge in [-0.05, 0) is 43.5 Å². The Morgan fingerprint density at radius 2 is 1.71 bits per heavy atom. The van der Waals surface area contributed by atoms with Gasteiger partial charge in [0.2, 0.25) is 11.8 Å². The molecule has 38 heavy (non-hydrogen) atoms. The number of ether oxygens (including phenoxy) is 1. The van der Waals surface area contributed by atoms with Gasteiger partial charge in [-0.3, -0.25) is 4.79 Å². The highest BCUT2D eigenvalue weighted by Crippen LogP contribution is 2.32. The Morgan fingerprint density at radius 1 is 1.11 bits per heavy atom. The van der Waals surface area contributed by atoms with Crippen LogP contribution < -0.4 is 15.8 Å². The lowest BCUT2D eigenvalue weighted by Crippen LogP contribution is -2.29. The number of rotatable bonds is 13. The third-order valence-electron chi connectivity index (χ3n) is 6.16. The first-order valence-corrected chi connectivity index (χ1v) is 14.4. The van der Waals surface area contributed by atoms with Crippen LogP contribution in [0.15, 0.2) is 29.2 Å². The number of pyridine rings is 1. The number of nitrogen functional groups attached to an aromatic ring is 1. The van der Waals surface area contributed by atoms with Crippen LogP contribution in [0.4, 0.5) is 23.2 Å². The van der Waals surface area contributed by atoms with E-state index in [1.54, 1.807) is 0 Å². The van der Waals surface area contributed by atoms with Gasteiger partial charge in [0, 0.05) is 18.4 Å². The van der Waals surface area contributed by atoms with Gasteiger partial charge < -0.3 is 15.8 Å². The normalized spacial score (nSPS) is 13.0. The van der Waals surface area contributed by atoms with Crippen LogP contribution in [0.2, 0.25) is 0 Å². The summed E-state index contributed by atoms with van der Waals surface area (Å²) >= 11 is 0. The fraction of sp³-hybridized carbons (Fsp3) is 0.538. The number of nitrogens with two attached hydrogens (primary N) is 1. The molecule has 1 unspecified atom stereocenters. The number of nitrogens with zero attached hydrogens (tertiary/aromatic N) is 1. The molecule has 1 heterocycles. The molecule has 0 aliphatic heterocycles. The van der Waals surface area contributed by atoms with Gasteiger partial charge in [-0.25, -0.2) is 17.8 Å². The number of anilines is 1. The van der Waals surface area contributed by atoms with Crippen LogP contribution in [0.5, 0.6) is 5.88 Å². The quantitative estimate of drug-likeness (QED) is 0.237. The summed E-state index contributed by atoms with van der Waals surface area (Å²) in [6, 6.07) is 4.34. The first kappa shape index (κ1) is 31.3. The number of sulfone groups is 1. The molecule has 1 aromatic carbocycles. The predicted molar refractivity (Wildman–Crippen MR) is 137 cm³/mol. The largest absolute Gasteiger partial charge is 0.474 e. The van der Waals surface area contributed by atoms with Crippen molar-refractivity contribution in [1.29, 1.82) is 0 Å². The number of hydrogen-bond donors (Lipinski definition) is 2. The molecular formula is C26H35F4N3O4S. The minimum absolute atomic E-state index is 0.0774. The number of hydrogen-bond acceptors (Lipinski definition) is 6. The van der Waals surface area contributed by atoms with E-state index in [-0.39, 0.29) is 29.7 Å². The summed E-state index contributed by atoms with van der Waals surface area (Å²) in [6.07, 6.45) is 0.645. The molecule has 1 amide bonds. The lowest BCUT2D eigenvalue weighted by Gasteiger charge is -2.22. The lowest BCUT2D eigenvalue weighted by atomic mass is 9.98. The van der Waals surface area contributed by atoms with Crippen LogP contribution >= 0.6 is 0 Å². The molecule has 12 heteroatoms. The van der Waals surface area contributed by atoms with Crippen molar-refractivity contribution in [3.63, 3.8) is 0 Å². The molecule has 2 rings (SSSR count). The Morgan fingerprint density at radius 3 is 2.24 bits per heavy atom. The summed E-state index contributed by atoms with van der Waals surface area (Å²) in [5, 5.41) is 2.61. The van der Waals surface area contributed by atoms with E-state index < -0.39 is 49.9 Å². The minimum Gasteiger partial charge on any atom is -0.474 e. The van der Waals surface area contributed by atoms with Crippen molar-refractivity contribution in [2.45, 2.75) is 88.9 Å². The van der Waals surface area contributed by atoms with Gasteiger partial charge in [-0.15, -0.1) is 0 Å². The molecule has 0 saturated heterocycles.